The lowest BCUT2D eigenvalue weighted by atomic mass is 9.45. The predicted molar refractivity (Wildman–Crippen MR) is 247 cm³/mol. The molecule has 2 aliphatic carbocycles. The van der Waals surface area contributed by atoms with Crippen LogP contribution in [0.1, 0.15) is 225 Å². The Labute approximate surface area is 357 Å². The van der Waals surface area contributed by atoms with E-state index in [1.54, 1.807) is 0 Å². The normalized spacial score (nSPS) is 17.5. The second-order valence-electron chi connectivity index (χ2n) is 22.1. The molecule has 8 heteroatoms. The van der Waals surface area contributed by atoms with Crippen LogP contribution in [-0.4, -0.2) is 31.8 Å². The van der Waals surface area contributed by atoms with E-state index in [9.17, 15) is 19.6 Å². The number of hydrogen-bond donors (Lipinski definition) is 4. The smallest absolute Gasteiger partial charge is 0.327 e. The van der Waals surface area contributed by atoms with E-state index in [0.717, 1.165) is 70.6 Å². The van der Waals surface area contributed by atoms with Crippen LogP contribution in [0.25, 0.3) is 0 Å². The summed E-state index contributed by atoms with van der Waals surface area (Å²) in [5.74, 6) is 0.177. The summed E-state index contributed by atoms with van der Waals surface area (Å²) in [6.45, 7) is 33.2. The Morgan fingerprint density at radius 1 is 0.517 bits per heavy atom. The Morgan fingerprint density at radius 3 is 1.14 bits per heavy atom. The molecule has 0 spiro atoms. The van der Waals surface area contributed by atoms with E-state index in [4.69, 9.17) is 9.05 Å². The molecule has 2 aromatic rings. The molecule has 0 amide bonds. The van der Waals surface area contributed by atoms with Crippen molar-refractivity contribution in [3.05, 3.63) is 68.8 Å². The number of unbranched alkanes of at least 4 members (excludes halogenated alkanes) is 1. The number of benzene rings is 2. The first-order valence-corrected chi connectivity index (χ1v) is 25.2. The van der Waals surface area contributed by atoms with Crippen LogP contribution in [-0.2, 0) is 49.0 Å². The molecular formula is C50H84O6P2. The molecule has 0 aromatic heterocycles. The molecule has 2 aromatic carbocycles. The van der Waals surface area contributed by atoms with Gasteiger partial charge in [-0.3, -0.25) is 0 Å². The zero-order chi connectivity index (χ0) is 43.5. The van der Waals surface area contributed by atoms with Crippen molar-refractivity contribution >= 4 is 17.2 Å². The summed E-state index contributed by atoms with van der Waals surface area (Å²) < 4.78 is 13.0. The minimum atomic E-state index is -2.77. The predicted octanol–water partition coefficient (Wildman–Crippen LogP) is 13.8. The Hall–Kier alpha value is -0.940. The van der Waals surface area contributed by atoms with Gasteiger partial charge in [0.05, 0.1) is 17.6 Å². The van der Waals surface area contributed by atoms with Crippen molar-refractivity contribution in [1.29, 1.82) is 0 Å². The number of rotatable bonds is 15. The first kappa shape index (κ1) is 49.7. The molecule has 0 heterocycles. The van der Waals surface area contributed by atoms with Crippen LogP contribution < -0.4 is 0 Å². The van der Waals surface area contributed by atoms with Crippen molar-refractivity contribution in [3.63, 3.8) is 0 Å². The van der Waals surface area contributed by atoms with Gasteiger partial charge in [0.1, 0.15) is 0 Å². The van der Waals surface area contributed by atoms with E-state index in [-0.39, 0.29) is 40.1 Å². The Morgan fingerprint density at radius 2 is 0.862 bits per heavy atom. The first-order valence-electron chi connectivity index (χ1n) is 22.9. The molecule has 0 bridgehead atoms. The van der Waals surface area contributed by atoms with Crippen LogP contribution >= 0.6 is 17.2 Å². The fourth-order valence-corrected chi connectivity index (χ4v) is 12.2. The fraction of sp³-hybridized carbons (Fsp3) is 0.760. The van der Waals surface area contributed by atoms with E-state index >= 15 is 0 Å². The molecule has 0 aliphatic heterocycles. The van der Waals surface area contributed by atoms with Crippen LogP contribution in [0.2, 0.25) is 0 Å². The van der Waals surface area contributed by atoms with Crippen molar-refractivity contribution in [1.82, 2.24) is 0 Å². The van der Waals surface area contributed by atoms with E-state index in [0.29, 0.717) is 12.8 Å². The van der Waals surface area contributed by atoms with Gasteiger partial charge in [-0.15, -0.1) is 0 Å². The van der Waals surface area contributed by atoms with Crippen LogP contribution in [0.15, 0.2) is 24.3 Å². The van der Waals surface area contributed by atoms with Crippen molar-refractivity contribution in [2.24, 2.45) is 11.8 Å². The molecule has 2 fully saturated rings. The van der Waals surface area contributed by atoms with Crippen molar-refractivity contribution < 1.29 is 28.6 Å². The highest BCUT2D eigenvalue weighted by atomic mass is 31.2. The van der Waals surface area contributed by atoms with Crippen molar-refractivity contribution in [2.45, 2.75) is 226 Å². The summed E-state index contributed by atoms with van der Waals surface area (Å²) in [7, 11) is -5.24. The molecule has 4 rings (SSSR count). The first-order chi connectivity index (χ1) is 26.9. The van der Waals surface area contributed by atoms with Gasteiger partial charge in [-0.05, 0) is 136 Å². The molecule has 2 aliphatic rings. The molecule has 0 radical (unpaired) electrons. The minimum absolute atomic E-state index is 0.0885. The van der Waals surface area contributed by atoms with E-state index in [1.807, 2.05) is 0 Å². The fourth-order valence-electron chi connectivity index (χ4n) is 11.2. The zero-order valence-electron chi connectivity index (χ0n) is 39.3. The molecule has 0 unspecified atom stereocenters. The largest absolute Gasteiger partial charge is 0.328 e. The lowest BCUT2D eigenvalue weighted by Gasteiger charge is -2.62. The van der Waals surface area contributed by atoms with Crippen LogP contribution in [0.4, 0.5) is 0 Å². The standard InChI is InChI=1S/C50H84O6P2/c1-15-35-31-39(45(3,4)5)43(40(32-35)46(6,7)8)49(29-23-24-30-55-57(51)52,44-41(47(9,10)11)33-36(16-2)34-42(44)48(12,13)14)50(56-58(53)54,37-25-19-17-20-26-37)38-27-21-18-22-28-38/h31-34,37-38,51-54H,15-30H2,1-14H3. The average molecular weight is 843 g/mol. The molecule has 6 nitrogen and oxygen atoms in total. The van der Waals surface area contributed by atoms with Gasteiger partial charge in [-0.25, -0.2) is 0 Å². The molecule has 330 valence electrons. The lowest BCUT2D eigenvalue weighted by molar-refractivity contribution is -0.126. The highest BCUT2D eigenvalue weighted by Gasteiger charge is 2.65. The van der Waals surface area contributed by atoms with Crippen molar-refractivity contribution in [3.8, 4) is 0 Å². The number of aryl methyl sites for hydroxylation is 2. The lowest BCUT2D eigenvalue weighted by Crippen LogP contribution is -2.65. The summed E-state index contributed by atoms with van der Waals surface area (Å²) in [5.41, 5.74) is 7.71. The van der Waals surface area contributed by atoms with Crippen LogP contribution in [0, 0.1) is 11.8 Å². The second-order valence-corrected chi connectivity index (χ2v) is 23.5. The average Bonchev–Trinajstić information content (AvgIpc) is 3.13. The topological polar surface area (TPSA) is 99.4 Å². The highest BCUT2D eigenvalue weighted by Crippen LogP contribution is 2.66. The number of hydrogen-bond acceptors (Lipinski definition) is 6. The molecule has 0 atom stereocenters. The maximum atomic E-state index is 11.8. The maximum absolute atomic E-state index is 11.8. The Bertz CT molecular complexity index is 1450. The quantitative estimate of drug-likeness (QED) is 0.105. The third-order valence-corrected chi connectivity index (χ3v) is 14.7. The van der Waals surface area contributed by atoms with Gasteiger partial charge in [0.15, 0.2) is 0 Å². The highest BCUT2D eigenvalue weighted by molar-refractivity contribution is 7.39. The van der Waals surface area contributed by atoms with Crippen molar-refractivity contribution in [2.75, 3.05) is 6.61 Å². The van der Waals surface area contributed by atoms with E-state index < -0.39 is 28.2 Å². The summed E-state index contributed by atoms with van der Waals surface area (Å²) >= 11 is 0. The molecule has 58 heavy (non-hydrogen) atoms. The monoisotopic (exact) mass is 843 g/mol. The van der Waals surface area contributed by atoms with Gasteiger partial charge in [-0.1, -0.05) is 160 Å². The molecule has 4 N–H and O–H groups in total. The van der Waals surface area contributed by atoms with Crippen LogP contribution in [0.3, 0.4) is 0 Å². The van der Waals surface area contributed by atoms with E-state index in [1.165, 1.54) is 57.3 Å². The third-order valence-electron chi connectivity index (χ3n) is 13.8. The van der Waals surface area contributed by atoms with Gasteiger partial charge in [-0.2, -0.15) is 0 Å². The SMILES string of the molecule is CCc1cc(C(C)(C)C)c(C(CCCCOP(O)O)(c2c(C(C)(C)C)cc(CC)cc2C(C)(C)C)C(OP(O)O)(C2CCCCC2)C2CCCCC2)c(C(C)(C)C)c1. The molecule has 0 saturated heterocycles. The summed E-state index contributed by atoms with van der Waals surface area (Å²) in [5, 5.41) is 0. The zero-order valence-corrected chi connectivity index (χ0v) is 41.1. The summed E-state index contributed by atoms with van der Waals surface area (Å²) in [4.78, 5) is 43.3. The third kappa shape index (κ3) is 10.8. The Kier molecular flexibility index (Phi) is 16.8. The summed E-state index contributed by atoms with van der Waals surface area (Å²) in [6, 6.07) is 9.98. The van der Waals surface area contributed by atoms with E-state index in [2.05, 4.69) is 121 Å². The van der Waals surface area contributed by atoms with Gasteiger partial charge in [0, 0.05) is 0 Å². The molecular weight excluding hydrogens is 758 g/mol. The molecule has 2 saturated carbocycles. The minimum Gasteiger partial charge on any atom is -0.328 e. The Balaban J connectivity index is 2.55. The second kappa shape index (κ2) is 19.6. The van der Waals surface area contributed by atoms with Gasteiger partial charge < -0.3 is 28.6 Å². The van der Waals surface area contributed by atoms with Gasteiger partial charge in [0.25, 0.3) is 0 Å². The summed E-state index contributed by atoms with van der Waals surface area (Å²) in [6.07, 6.45) is 14.5. The van der Waals surface area contributed by atoms with Crippen LogP contribution in [0.5, 0.6) is 0 Å². The maximum Gasteiger partial charge on any atom is 0.327 e. The van der Waals surface area contributed by atoms with Gasteiger partial charge in [0.2, 0.25) is 0 Å². The van der Waals surface area contributed by atoms with Gasteiger partial charge >= 0.3 is 17.2 Å².